The first kappa shape index (κ1) is 34.0. The molecule has 0 aliphatic carbocycles. The number of amides is 1. The normalized spacial score (nSPS) is 13.1. The van der Waals surface area contributed by atoms with E-state index >= 15 is 0 Å². The number of nitrogens with one attached hydrogen (secondary N) is 2. The van der Waals surface area contributed by atoms with Crippen molar-refractivity contribution < 1.29 is 42.2 Å². The number of aliphatic carboxylic acids is 2. The van der Waals surface area contributed by atoms with Crippen LogP contribution in [-0.4, -0.2) is 70.3 Å². The Balaban J connectivity index is 0.000000676. The van der Waals surface area contributed by atoms with E-state index in [1.54, 1.807) is 6.07 Å². The van der Waals surface area contributed by atoms with Crippen molar-refractivity contribution >= 4 is 23.7 Å². The number of halogens is 4. The van der Waals surface area contributed by atoms with Crippen molar-refractivity contribution in [2.75, 3.05) is 31.5 Å². The molecule has 0 saturated carbocycles. The number of hydrogen-bond acceptors (Lipinski definition) is 6. The molecule has 0 spiro atoms. The van der Waals surface area contributed by atoms with Gasteiger partial charge in [-0.05, 0) is 54.2 Å². The fourth-order valence-corrected chi connectivity index (χ4v) is 4.58. The Bertz CT molecular complexity index is 1410. The van der Waals surface area contributed by atoms with E-state index in [0.29, 0.717) is 25.1 Å². The van der Waals surface area contributed by atoms with Crippen molar-refractivity contribution in [3.05, 3.63) is 94.9 Å². The van der Waals surface area contributed by atoms with Crippen molar-refractivity contribution in [2.45, 2.75) is 44.3 Å². The highest BCUT2D eigenvalue weighted by Gasteiger charge is 2.38. The van der Waals surface area contributed by atoms with Crippen LogP contribution in [0.2, 0.25) is 0 Å². The minimum atomic E-state index is -5.08. The number of aryl methyl sites for hydroxylation is 1. The van der Waals surface area contributed by atoms with Crippen LogP contribution in [0.15, 0.2) is 66.7 Å². The van der Waals surface area contributed by atoms with Crippen LogP contribution in [-0.2, 0) is 33.6 Å². The summed E-state index contributed by atoms with van der Waals surface area (Å²) in [4.78, 5) is 40.2. The first-order valence-electron chi connectivity index (χ1n) is 14.0. The molecule has 9 nitrogen and oxygen atoms in total. The van der Waals surface area contributed by atoms with Gasteiger partial charge in [-0.3, -0.25) is 14.5 Å². The third kappa shape index (κ3) is 11.6. The molecule has 3 aromatic rings. The number of hydrogen-bond donors (Lipinski definition) is 4. The van der Waals surface area contributed by atoms with E-state index in [0.717, 1.165) is 37.3 Å². The van der Waals surface area contributed by atoms with Gasteiger partial charge in [-0.1, -0.05) is 48.5 Å². The monoisotopic (exact) mass is 618 g/mol. The highest BCUT2D eigenvalue weighted by Crippen LogP contribution is 2.21. The molecule has 236 valence electrons. The molecule has 1 aliphatic heterocycles. The summed E-state index contributed by atoms with van der Waals surface area (Å²) in [7, 11) is 0. The van der Waals surface area contributed by atoms with Crippen LogP contribution >= 0.6 is 0 Å². The number of carbonyl (C=O) groups is 3. The molecule has 2 heterocycles. The molecule has 1 amide bonds. The lowest BCUT2D eigenvalue weighted by Gasteiger charge is -2.24. The molecule has 4 N–H and O–H groups in total. The lowest BCUT2D eigenvalue weighted by atomic mass is 10.0. The molecule has 2 aromatic carbocycles. The van der Waals surface area contributed by atoms with Gasteiger partial charge < -0.3 is 20.8 Å². The van der Waals surface area contributed by atoms with Crippen molar-refractivity contribution in [2.24, 2.45) is 0 Å². The molecular weight excluding hydrogens is 584 g/mol. The summed E-state index contributed by atoms with van der Waals surface area (Å²) in [6.45, 7) is 2.30. The molecular formula is C31H34F4N4O5. The molecule has 1 unspecified atom stereocenters. The number of carboxylic acids is 2. The molecule has 0 saturated heterocycles. The van der Waals surface area contributed by atoms with E-state index in [1.165, 1.54) is 29.3 Å². The molecule has 0 radical (unpaired) electrons. The van der Waals surface area contributed by atoms with Gasteiger partial charge in [0, 0.05) is 31.7 Å². The molecule has 4 rings (SSSR count). The van der Waals surface area contributed by atoms with Crippen molar-refractivity contribution in [1.29, 1.82) is 0 Å². The molecule has 44 heavy (non-hydrogen) atoms. The van der Waals surface area contributed by atoms with Crippen LogP contribution in [0.5, 0.6) is 0 Å². The second-order valence-corrected chi connectivity index (χ2v) is 10.2. The summed E-state index contributed by atoms with van der Waals surface area (Å²) in [5.41, 5.74) is 3.80. The van der Waals surface area contributed by atoms with Crippen molar-refractivity contribution in [3.8, 4) is 0 Å². The largest absolute Gasteiger partial charge is 0.490 e. The number of carbonyl (C=O) groups excluding carboxylic acids is 1. The standard InChI is InChI=1S/C29H33FN4O3.C2HF3O2/c30-24-10-4-8-23(18-24)26(19-28(36)37)33-27(35)20-34(16-13-21-6-2-1-3-7-21)17-14-25-12-11-22-9-5-15-31-29(22)32-25;3-2(4,5)1(6)7/h1-4,6-8,10-12,18,26H,5,9,13-17,19-20H2,(H,31,32)(H,33,35)(H,36,37);(H,6,7). The number of anilines is 1. The van der Waals surface area contributed by atoms with Crippen LogP contribution in [0.3, 0.4) is 0 Å². The van der Waals surface area contributed by atoms with Gasteiger partial charge in [-0.2, -0.15) is 13.2 Å². The van der Waals surface area contributed by atoms with E-state index in [4.69, 9.17) is 14.9 Å². The first-order valence-corrected chi connectivity index (χ1v) is 14.0. The molecule has 1 aliphatic rings. The van der Waals surface area contributed by atoms with Crippen LogP contribution in [0.1, 0.15) is 41.3 Å². The predicted molar refractivity (Wildman–Crippen MR) is 155 cm³/mol. The zero-order chi connectivity index (χ0) is 32.1. The number of pyridine rings is 1. The van der Waals surface area contributed by atoms with E-state index < -0.39 is 30.0 Å². The third-order valence-electron chi connectivity index (χ3n) is 6.77. The number of aromatic nitrogens is 1. The summed E-state index contributed by atoms with van der Waals surface area (Å²) >= 11 is 0. The Hall–Kier alpha value is -4.52. The van der Waals surface area contributed by atoms with Gasteiger partial charge in [0.2, 0.25) is 5.91 Å². The van der Waals surface area contributed by atoms with Crippen LogP contribution in [0.25, 0.3) is 0 Å². The van der Waals surface area contributed by atoms with E-state index in [2.05, 4.69) is 33.7 Å². The Kier molecular flexibility index (Phi) is 12.6. The predicted octanol–water partition coefficient (Wildman–Crippen LogP) is 4.63. The summed E-state index contributed by atoms with van der Waals surface area (Å²) < 4.78 is 45.5. The maximum absolute atomic E-state index is 13.8. The van der Waals surface area contributed by atoms with Gasteiger partial charge in [0.15, 0.2) is 0 Å². The molecule has 0 fully saturated rings. The lowest BCUT2D eigenvalue weighted by Crippen LogP contribution is -2.41. The van der Waals surface area contributed by atoms with Gasteiger partial charge in [0.25, 0.3) is 0 Å². The number of alkyl halides is 3. The van der Waals surface area contributed by atoms with Gasteiger partial charge >= 0.3 is 18.1 Å². The zero-order valence-electron chi connectivity index (χ0n) is 23.8. The number of fused-ring (bicyclic) bond motifs is 1. The fourth-order valence-electron chi connectivity index (χ4n) is 4.58. The molecule has 1 aromatic heterocycles. The summed E-state index contributed by atoms with van der Waals surface area (Å²) in [5, 5.41) is 22.6. The molecule has 1 atom stereocenters. The van der Waals surface area contributed by atoms with Crippen molar-refractivity contribution in [3.63, 3.8) is 0 Å². The fraction of sp³-hybridized carbons (Fsp3) is 0.355. The van der Waals surface area contributed by atoms with Crippen LogP contribution < -0.4 is 10.6 Å². The zero-order valence-corrected chi connectivity index (χ0v) is 23.8. The van der Waals surface area contributed by atoms with Crippen LogP contribution in [0.4, 0.5) is 23.4 Å². The van der Waals surface area contributed by atoms with Gasteiger partial charge in [0.05, 0.1) is 19.0 Å². The van der Waals surface area contributed by atoms with Gasteiger partial charge in [0.1, 0.15) is 11.6 Å². The third-order valence-corrected chi connectivity index (χ3v) is 6.77. The highest BCUT2D eigenvalue weighted by molar-refractivity contribution is 5.79. The minimum Gasteiger partial charge on any atom is -0.481 e. The Morgan fingerprint density at radius 2 is 1.68 bits per heavy atom. The van der Waals surface area contributed by atoms with E-state index in [9.17, 15) is 32.3 Å². The number of benzene rings is 2. The smallest absolute Gasteiger partial charge is 0.481 e. The first-order chi connectivity index (χ1) is 20.9. The second kappa shape index (κ2) is 16.4. The summed E-state index contributed by atoms with van der Waals surface area (Å²) in [6, 6.07) is 19.1. The summed E-state index contributed by atoms with van der Waals surface area (Å²) in [6.07, 6.45) is -1.82. The van der Waals surface area contributed by atoms with Crippen LogP contribution in [0, 0.1) is 5.82 Å². The molecule has 0 bridgehead atoms. The van der Waals surface area contributed by atoms with Gasteiger partial charge in [-0.15, -0.1) is 0 Å². The minimum absolute atomic E-state index is 0.0987. The van der Waals surface area contributed by atoms with Crippen molar-refractivity contribution in [1.82, 2.24) is 15.2 Å². The van der Waals surface area contributed by atoms with Gasteiger partial charge in [-0.25, -0.2) is 14.2 Å². The number of carboxylic acid groups (broad SMARTS) is 2. The topological polar surface area (TPSA) is 132 Å². The number of nitrogens with zero attached hydrogens (tertiary/aromatic N) is 2. The number of rotatable bonds is 12. The van der Waals surface area contributed by atoms with E-state index in [1.807, 2.05) is 24.3 Å². The Morgan fingerprint density at radius 3 is 2.34 bits per heavy atom. The lowest BCUT2D eigenvalue weighted by molar-refractivity contribution is -0.192. The summed E-state index contributed by atoms with van der Waals surface area (Å²) in [5.74, 6) is -3.65. The average Bonchev–Trinajstić information content (AvgIpc) is 2.98. The Morgan fingerprint density at radius 1 is 0.977 bits per heavy atom. The Labute approximate surface area is 251 Å². The average molecular weight is 619 g/mol. The maximum Gasteiger partial charge on any atom is 0.490 e. The second-order valence-electron chi connectivity index (χ2n) is 10.2. The maximum atomic E-state index is 13.8. The SMILES string of the molecule is O=C(O)C(F)(F)F.O=C(O)CC(NC(=O)CN(CCc1ccccc1)CCc1ccc2c(n1)NCCC2)c1cccc(F)c1. The van der Waals surface area contributed by atoms with E-state index in [-0.39, 0.29) is 18.9 Å². The molecule has 13 heteroatoms. The quantitative estimate of drug-likeness (QED) is 0.216. The highest BCUT2D eigenvalue weighted by atomic mass is 19.4.